The van der Waals surface area contributed by atoms with E-state index in [0.29, 0.717) is 42.7 Å². The van der Waals surface area contributed by atoms with E-state index >= 15 is 0 Å². The van der Waals surface area contributed by atoms with Crippen LogP contribution >= 0.6 is 0 Å². The Morgan fingerprint density at radius 1 is 1.46 bits per heavy atom. The van der Waals surface area contributed by atoms with Gasteiger partial charge in [-0.05, 0) is 37.5 Å². The lowest BCUT2D eigenvalue weighted by Gasteiger charge is -2.39. The Labute approximate surface area is 150 Å². The number of nitrogens with zero attached hydrogens (tertiary/aromatic N) is 2. The fourth-order valence-electron chi connectivity index (χ4n) is 3.39. The molecule has 2 aromatic rings. The number of ether oxygens (including phenoxy) is 1. The number of nitrogens with one attached hydrogen (secondary N) is 1. The van der Waals surface area contributed by atoms with Gasteiger partial charge in [0.2, 0.25) is 5.91 Å². The van der Waals surface area contributed by atoms with Crippen molar-refractivity contribution in [2.75, 3.05) is 19.7 Å². The van der Waals surface area contributed by atoms with Gasteiger partial charge in [0.1, 0.15) is 24.9 Å². The van der Waals surface area contributed by atoms with E-state index in [-0.39, 0.29) is 31.5 Å². The van der Waals surface area contributed by atoms with Gasteiger partial charge in [0.05, 0.1) is 16.4 Å². The lowest BCUT2D eigenvalue weighted by Crippen LogP contribution is -2.50. The Morgan fingerprint density at radius 3 is 3.00 bits per heavy atom. The molecule has 7 nitrogen and oxygen atoms in total. The fraction of sp³-hybridized carbons (Fsp3) is 0.500. The number of halogens is 1. The van der Waals surface area contributed by atoms with Crippen LogP contribution in [0.1, 0.15) is 32.0 Å². The topological polar surface area (TPSA) is 95.5 Å². The number of hydrogen-bond donors (Lipinski definition) is 2. The maximum Gasteiger partial charge on any atom is 0.311 e. The molecule has 26 heavy (non-hydrogen) atoms. The molecule has 1 amide bonds. The van der Waals surface area contributed by atoms with E-state index in [1.54, 1.807) is 11.0 Å². The largest absolute Gasteiger partial charge is 0.481 e. The summed E-state index contributed by atoms with van der Waals surface area (Å²) in [5.74, 6) is -0.934. The Balaban J connectivity index is 1.55. The van der Waals surface area contributed by atoms with Gasteiger partial charge in [0.25, 0.3) is 0 Å². The molecule has 140 valence electrons. The molecule has 1 aromatic carbocycles. The Morgan fingerprint density at radius 2 is 2.27 bits per heavy atom. The van der Waals surface area contributed by atoms with Crippen LogP contribution in [-0.2, 0) is 20.9 Å². The number of aromatic nitrogens is 2. The first kappa shape index (κ1) is 18.3. The number of aliphatic carboxylic acids is 1. The van der Waals surface area contributed by atoms with Crippen molar-refractivity contribution in [3.05, 3.63) is 29.8 Å². The average molecular weight is 363 g/mol. The summed E-state index contributed by atoms with van der Waals surface area (Å²) in [6.45, 7) is 2.54. The van der Waals surface area contributed by atoms with E-state index in [9.17, 15) is 19.1 Å². The third-order valence-electron chi connectivity index (χ3n) is 5.02. The number of imidazole rings is 1. The highest BCUT2D eigenvalue weighted by Crippen LogP contribution is 2.33. The predicted octanol–water partition coefficient (Wildman–Crippen LogP) is 2.32. The third kappa shape index (κ3) is 3.70. The number of likely N-dealkylation sites (tertiary alicyclic amines) is 1. The zero-order valence-electron chi connectivity index (χ0n) is 14.6. The lowest BCUT2D eigenvalue weighted by atomic mass is 9.77. The number of carboxylic acid groups (broad SMARTS) is 1. The van der Waals surface area contributed by atoms with E-state index in [4.69, 9.17) is 4.74 Å². The van der Waals surface area contributed by atoms with E-state index < -0.39 is 11.4 Å². The van der Waals surface area contributed by atoms with Crippen molar-refractivity contribution in [3.63, 3.8) is 0 Å². The van der Waals surface area contributed by atoms with Crippen LogP contribution in [0.3, 0.4) is 0 Å². The Hall–Kier alpha value is -2.48. The highest BCUT2D eigenvalue weighted by molar-refractivity contribution is 5.80. The molecule has 0 aliphatic carbocycles. The minimum Gasteiger partial charge on any atom is -0.481 e. The van der Waals surface area contributed by atoms with Crippen LogP contribution in [0.25, 0.3) is 11.0 Å². The number of H-pyrrole nitrogens is 1. The van der Waals surface area contributed by atoms with Gasteiger partial charge in [-0.3, -0.25) is 9.59 Å². The molecule has 0 spiro atoms. The van der Waals surface area contributed by atoms with E-state index in [0.717, 1.165) is 0 Å². The van der Waals surface area contributed by atoms with Crippen LogP contribution < -0.4 is 0 Å². The summed E-state index contributed by atoms with van der Waals surface area (Å²) in [6, 6.07) is 4.25. The molecule has 8 heteroatoms. The lowest BCUT2D eigenvalue weighted by molar-refractivity contribution is -0.156. The van der Waals surface area contributed by atoms with Crippen molar-refractivity contribution < 1.29 is 23.8 Å². The van der Waals surface area contributed by atoms with Gasteiger partial charge in [0, 0.05) is 13.1 Å². The maximum atomic E-state index is 13.2. The monoisotopic (exact) mass is 363 g/mol. The quantitative estimate of drug-likeness (QED) is 0.821. The molecular weight excluding hydrogens is 341 g/mol. The highest BCUT2D eigenvalue weighted by atomic mass is 19.1. The van der Waals surface area contributed by atoms with Crippen molar-refractivity contribution in [3.8, 4) is 0 Å². The number of carbonyl (C=O) groups excluding carboxylic acids is 1. The fourth-order valence-corrected chi connectivity index (χ4v) is 3.39. The van der Waals surface area contributed by atoms with Crippen LogP contribution in [0.4, 0.5) is 4.39 Å². The molecule has 1 fully saturated rings. The van der Waals surface area contributed by atoms with Gasteiger partial charge in [-0.15, -0.1) is 0 Å². The average Bonchev–Trinajstić information content (AvgIpc) is 3.03. The summed E-state index contributed by atoms with van der Waals surface area (Å²) in [5, 5.41) is 9.49. The molecule has 1 saturated heterocycles. The first-order valence-corrected chi connectivity index (χ1v) is 8.66. The van der Waals surface area contributed by atoms with Gasteiger partial charge < -0.3 is 19.7 Å². The van der Waals surface area contributed by atoms with E-state index in [1.807, 2.05) is 6.92 Å². The smallest absolute Gasteiger partial charge is 0.311 e. The number of benzene rings is 1. The summed E-state index contributed by atoms with van der Waals surface area (Å²) in [4.78, 5) is 32.7. The normalized spacial score (nSPS) is 20.5. The van der Waals surface area contributed by atoms with Crippen molar-refractivity contribution >= 4 is 22.9 Å². The van der Waals surface area contributed by atoms with Crippen molar-refractivity contribution in [2.45, 2.75) is 32.8 Å². The molecule has 1 aliphatic heterocycles. The number of fused-ring (bicyclic) bond motifs is 1. The Bertz CT molecular complexity index is 822. The predicted molar refractivity (Wildman–Crippen MR) is 91.9 cm³/mol. The molecule has 3 rings (SSSR count). The molecule has 1 aliphatic rings. The molecule has 1 atom stereocenters. The summed E-state index contributed by atoms with van der Waals surface area (Å²) in [6.07, 6.45) is 1.74. The van der Waals surface area contributed by atoms with Crippen LogP contribution in [0.2, 0.25) is 0 Å². The van der Waals surface area contributed by atoms with Crippen LogP contribution in [0.15, 0.2) is 18.2 Å². The number of aromatic amines is 1. The molecule has 0 saturated carbocycles. The highest BCUT2D eigenvalue weighted by Gasteiger charge is 2.42. The van der Waals surface area contributed by atoms with E-state index in [1.165, 1.54) is 12.1 Å². The van der Waals surface area contributed by atoms with Crippen LogP contribution in [0.5, 0.6) is 0 Å². The molecule has 1 aromatic heterocycles. The number of amides is 1. The van der Waals surface area contributed by atoms with Gasteiger partial charge in [-0.25, -0.2) is 9.37 Å². The van der Waals surface area contributed by atoms with Gasteiger partial charge >= 0.3 is 5.97 Å². The summed E-state index contributed by atoms with van der Waals surface area (Å²) in [7, 11) is 0. The van der Waals surface area contributed by atoms with Crippen molar-refractivity contribution in [2.24, 2.45) is 5.41 Å². The second-order valence-electron chi connectivity index (χ2n) is 6.70. The van der Waals surface area contributed by atoms with Crippen LogP contribution in [0, 0.1) is 11.2 Å². The molecule has 2 heterocycles. The number of hydrogen-bond acceptors (Lipinski definition) is 4. The number of piperidine rings is 1. The molecule has 0 bridgehead atoms. The summed E-state index contributed by atoms with van der Waals surface area (Å²) >= 11 is 0. The standard InChI is InChI=1S/C18H22FN3O4/c1-2-18(17(24)25)6-3-7-22(11-18)16(23)10-26-9-15-20-13-5-4-12(19)8-14(13)21-15/h4-5,8H,2-3,6-7,9-11H2,1H3,(H,20,21)(H,24,25)/t18-/m1/s1. The number of carbonyl (C=O) groups is 2. The summed E-state index contributed by atoms with van der Waals surface area (Å²) < 4.78 is 18.6. The Kier molecular flexibility index (Phi) is 5.22. The molecule has 2 N–H and O–H groups in total. The minimum absolute atomic E-state index is 0.0910. The van der Waals surface area contributed by atoms with Gasteiger partial charge in [-0.1, -0.05) is 6.92 Å². The molecule has 0 radical (unpaired) electrons. The molecule has 0 unspecified atom stereocenters. The van der Waals surface area contributed by atoms with Crippen molar-refractivity contribution in [1.82, 2.24) is 14.9 Å². The van der Waals surface area contributed by atoms with Gasteiger partial charge in [0.15, 0.2) is 0 Å². The molecular formula is C18H22FN3O4. The maximum absolute atomic E-state index is 13.2. The first-order chi connectivity index (χ1) is 12.4. The first-order valence-electron chi connectivity index (χ1n) is 8.66. The minimum atomic E-state index is -0.864. The van der Waals surface area contributed by atoms with Crippen molar-refractivity contribution in [1.29, 1.82) is 0 Å². The SMILES string of the molecule is CC[C@@]1(C(=O)O)CCCN(C(=O)COCc2nc3ccc(F)cc3[nH]2)C1. The zero-order chi connectivity index (χ0) is 18.7. The number of rotatable bonds is 6. The zero-order valence-corrected chi connectivity index (χ0v) is 14.6. The van der Waals surface area contributed by atoms with Crippen LogP contribution in [-0.4, -0.2) is 51.5 Å². The second kappa shape index (κ2) is 7.41. The summed E-state index contributed by atoms with van der Waals surface area (Å²) in [5.41, 5.74) is 0.332. The van der Waals surface area contributed by atoms with E-state index in [2.05, 4.69) is 9.97 Å². The third-order valence-corrected chi connectivity index (χ3v) is 5.02. The number of carboxylic acids is 1. The second-order valence-corrected chi connectivity index (χ2v) is 6.70. The van der Waals surface area contributed by atoms with Gasteiger partial charge in [-0.2, -0.15) is 0 Å².